The molecule has 0 saturated heterocycles. The molecule has 114 valence electrons. The molecular formula is C16H19ClFNO2. The third-order valence-corrected chi connectivity index (χ3v) is 3.36. The maximum absolute atomic E-state index is 13.3. The Morgan fingerprint density at radius 1 is 1.33 bits per heavy atom. The summed E-state index contributed by atoms with van der Waals surface area (Å²) in [4.78, 5) is 0. The lowest BCUT2D eigenvalue weighted by atomic mass is 10.2. The van der Waals surface area contributed by atoms with E-state index in [1.54, 1.807) is 6.07 Å². The summed E-state index contributed by atoms with van der Waals surface area (Å²) < 4.78 is 24.5. The van der Waals surface area contributed by atoms with Crippen LogP contribution in [0.3, 0.4) is 0 Å². The SMILES string of the molecule is CCCNCc1oc(COc2ccc(Cl)c(F)c2)cc1C. The fourth-order valence-electron chi connectivity index (χ4n) is 1.94. The van der Waals surface area contributed by atoms with E-state index in [0.717, 1.165) is 30.0 Å². The average Bonchev–Trinajstić information content (AvgIpc) is 2.81. The summed E-state index contributed by atoms with van der Waals surface area (Å²) in [7, 11) is 0. The number of furan rings is 1. The first-order valence-corrected chi connectivity index (χ1v) is 7.34. The Hall–Kier alpha value is -1.52. The second kappa shape index (κ2) is 7.48. The quantitative estimate of drug-likeness (QED) is 0.767. The van der Waals surface area contributed by atoms with Gasteiger partial charge in [0.1, 0.15) is 29.7 Å². The molecule has 0 saturated carbocycles. The lowest BCUT2D eigenvalue weighted by Gasteiger charge is -2.05. The summed E-state index contributed by atoms with van der Waals surface area (Å²) in [6.45, 7) is 6.03. The van der Waals surface area contributed by atoms with Gasteiger partial charge in [-0.15, -0.1) is 0 Å². The van der Waals surface area contributed by atoms with Gasteiger partial charge in [0.15, 0.2) is 0 Å². The Bertz CT molecular complexity index is 598. The standard InChI is InChI=1S/C16H19ClFNO2/c1-3-6-19-9-16-11(2)7-13(21-16)10-20-12-4-5-14(17)15(18)8-12/h4-5,7-8,19H,3,6,9-10H2,1-2H3. The number of benzene rings is 1. The molecule has 1 heterocycles. The molecule has 2 rings (SSSR count). The van der Waals surface area contributed by atoms with E-state index in [0.29, 0.717) is 12.3 Å². The van der Waals surface area contributed by atoms with E-state index in [1.807, 2.05) is 13.0 Å². The van der Waals surface area contributed by atoms with Crippen LogP contribution in [-0.2, 0) is 13.2 Å². The molecule has 3 nitrogen and oxygen atoms in total. The highest BCUT2D eigenvalue weighted by molar-refractivity contribution is 6.30. The van der Waals surface area contributed by atoms with Gasteiger partial charge in [-0.05, 0) is 43.7 Å². The minimum atomic E-state index is -0.491. The third-order valence-electron chi connectivity index (χ3n) is 3.06. The Morgan fingerprint density at radius 2 is 2.14 bits per heavy atom. The largest absolute Gasteiger partial charge is 0.486 e. The van der Waals surface area contributed by atoms with Gasteiger partial charge in [0.2, 0.25) is 0 Å². The van der Waals surface area contributed by atoms with Crippen LogP contribution in [-0.4, -0.2) is 6.54 Å². The molecule has 1 N–H and O–H groups in total. The van der Waals surface area contributed by atoms with Gasteiger partial charge in [-0.25, -0.2) is 4.39 Å². The highest BCUT2D eigenvalue weighted by Gasteiger charge is 2.08. The predicted octanol–water partition coefficient (Wildman–Crippen LogP) is 4.46. The molecule has 1 aromatic heterocycles. The molecule has 0 atom stereocenters. The van der Waals surface area contributed by atoms with Gasteiger partial charge < -0.3 is 14.5 Å². The second-order valence-electron chi connectivity index (χ2n) is 4.86. The fraction of sp³-hybridized carbons (Fsp3) is 0.375. The van der Waals surface area contributed by atoms with E-state index < -0.39 is 5.82 Å². The van der Waals surface area contributed by atoms with Crippen molar-refractivity contribution in [1.29, 1.82) is 0 Å². The minimum absolute atomic E-state index is 0.0838. The van der Waals surface area contributed by atoms with Gasteiger partial charge in [0, 0.05) is 6.07 Å². The van der Waals surface area contributed by atoms with Gasteiger partial charge in [-0.1, -0.05) is 18.5 Å². The van der Waals surface area contributed by atoms with E-state index in [4.69, 9.17) is 20.8 Å². The van der Waals surface area contributed by atoms with Gasteiger partial charge >= 0.3 is 0 Å². The van der Waals surface area contributed by atoms with Gasteiger partial charge in [-0.3, -0.25) is 0 Å². The van der Waals surface area contributed by atoms with Crippen LogP contribution in [0.25, 0.3) is 0 Å². The van der Waals surface area contributed by atoms with Crippen LogP contribution in [0.4, 0.5) is 4.39 Å². The number of nitrogens with one attached hydrogen (secondary N) is 1. The van der Waals surface area contributed by atoms with Crippen molar-refractivity contribution in [2.24, 2.45) is 0 Å². The fourth-order valence-corrected chi connectivity index (χ4v) is 2.05. The summed E-state index contributed by atoms with van der Waals surface area (Å²) in [5, 5.41) is 3.38. The lowest BCUT2D eigenvalue weighted by molar-refractivity contribution is 0.264. The Kier molecular flexibility index (Phi) is 5.65. The lowest BCUT2D eigenvalue weighted by Crippen LogP contribution is -2.13. The highest BCUT2D eigenvalue weighted by Crippen LogP contribution is 2.22. The van der Waals surface area contributed by atoms with Crippen molar-refractivity contribution in [3.8, 4) is 5.75 Å². The number of halogens is 2. The van der Waals surface area contributed by atoms with E-state index in [2.05, 4.69) is 12.2 Å². The molecule has 5 heteroatoms. The Balaban J connectivity index is 1.93. The molecule has 0 amide bonds. The summed E-state index contributed by atoms with van der Waals surface area (Å²) in [5.74, 6) is 1.56. The topological polar surface area (TPSA) is 34.4 Å². The molecule has 0 fully saturated rings. The smallest absolute Gasteiger partial charge is 0.146 e. The maximum Gasteiger partial charge on any atom is 0.146 e. The van der Waals surface area contributed by atoms with Crippen LogP contribution in [0, 0.1) is 12.7 Å². The molecule has 0 spiro atoms. The number of aryl methyl sites for hydroxylation is 1. The zero-order valence-electron chi connectivity index (χ0n) is 12.2. The van der Waals surface area contributed by atoms with E-state index >= 15 is 0 Å². The molecule has 0 unspecified atom stereocenters. The van der Waals surface area contributed by atoms with Crippen molar-refractivity contribution >= 4 is 11.6 Å². The Labute approximate surface area is 129 Å². The third kappa shape index (κ3) is 4.48. The van der Waals surface area contributed by atoms with Crippen LogP contribution in [0.2, 0.25) is 5.02 Å². The molecule has 1 aromatic carbocycles. The summed E-state index contributed by atoms with van der Waals surface area (Å²) in [5.41, 5.74) is 1.08. The Morgan fingerprint density at radius 3 is 2.86 bits per heavy atom. The maximum atomic E-state index is 13.3. The summed E-state index contributed by atoms with van der Waals surface area (Å²) in [6, 6.07) is 6.31. The zero-order chi connectivity index (χ0) is 15.2. The molecule has 21 heavy (non-hydrogen) atoms. The normalized spacial score (nSPS) is 10.9. The van der Waals surface area contributed by atoms with Crippen molar-refractivity contribution in [2.45, 2.75) is 33.4 Å². The van der Waals surface area contributed by atoms with Gasteiger partial charge in [0.25, 0.3) is 0 Å². The average molecular weight is 312 g/mol. The first-order valence-electron chi connectivity index (χ1n) is 6.97. The highest BCUT2D eigenvalue weighted by atomic mass is 35.5. The van der Waals surface area contributed by atoms with Crippen molar-refractivity contribution in [3.05, 3.63) is 52.2 Å². The van der Waals surface area contributed by atoms with Crippen molar-refractivity contribution in [3.63, 3.8) is 0 Å². The van der Waals surface area contributed by atoms with E-state index in [-0.39, 0.29) is 11.6 Å². The first kappa shape index (κ1) is 15.9. The molecule has 0 aliphatic carbocycles. The van der Waals surface area contributed by atoms with Gasteiger partial charge in [0.05, 0.1) is 11.6 Å². The predicted molar refractivity (Wildman–Crippen MR) is 81.2 cm³/mol. The van der Waals surface area contributed by atoms with Crippen LogP contribution >= 0.6 is 11.6 Å². The number of rotatable bonds is 7. The van der Waals surface area contributed by atoms with Crippen LogP contribution in [0.1, 0.15) is 30.4 Å². The monoisotopic (exact) mass is 311 g/mol. The van der Waals surface area contributed by atoms with E-state index in [1.165, 1.54) is 12.1 Å². The van der Waals surface area contributed by atoms with Crippen molar-refractivity contribution in [1.82, 2.24) is 5.32 Å². The summed E-state index contributed by atoms with van der Waals surface area (Å²) in [6.07, 6.45) is 1.08. The van der Waals surface area contributed by atoms with E-state index in [9.17, 15) is 4.39 Å². The molecule has 0 aliphatic rings. The number of hydrogen-bond acceptors (Lipinski definition) is 3. The van der Waals surface area contributed by atoms with Crippen molar-refractivity contribution in [2.75, 3.05) is 6.54 Å². The first-order chi connectivity index (χ1) is 10.1. The van der Waals surface area contributed by atoms with Crippen molar-refractivity contribution < 1.29 is 13.5 Å². The summed E-state index contributed by atoms with van der Waals surface area (Å²) >= 11 is 5.63. The number of hydrogen-bond donors (Lipinski definition) is 1. The molecule has 0 aliphatic heterocycles. The molecule has 0 bridgehead atoms. The molecule has 2 aromatic rings. The second-order valence-corrected chi connectivity index (χ2v) is 5.27. The minimum Gasteiger partial charge on any atom is -0.486 e. The molecule has 0 radical (unpaired) electrons. The number of ether oxygens (including phenoxy) is 1. The zero-order valence-corrected chi connectivity index (χ0v) is 13.0. The van der Waals surface area contributed by atoms with Gasteiger partial charge in [-0.2, -0.15) is 0 Å². The van der Waals surface area contributed by atoms with Crippen LogP contribution in [0.15, 0.2) is 28.7 Å². The van der Waals surface area contributed by atoms with Crippen LogP contribution in [0.5, 0.6) is 5.75 Å². The van der Waals surface area contributed by atoms with Crippen LogP contribution < -0.4 is 10.1 Å². The molecular weight excluding hydrogens is 293 g/mol.